The topological polar surface area (TPSA) is 84.7 Å². The molecule has 3 aromatic rings. The third kappa shape index (κ3) is 3.75. The van der Waals surface area contributed by atoms with E-state index in [2.05, 4.69) is 25.9 Å². The predicted octanol–water partition coefficient (Wildman–Crippen LogP) is 1.81. The Labute approximate surface area is 139 Å². The average Bonchev–Trinajstić information content (AvgIpc) is 3.11. The molecule has 0 aliphatic rings. The van der Waals surface area contributed by atoms with Gasteiger partial charge in [0.05, 0.1) is 11.9 Å². The Kier molecular flexibility index (Phi) is 4.81. The number of nitrogens with one attached hydrogen (secondary N) is 2. The van der Waals surface area contributed by atoms with E-state index in [0.717, 1.165) is 16.9 Å². The van der Waals surface area contributed by atoms with Crippen LogP contribution >= 0.6 is 0 Å². The van der Waals surface area contributed by atoms with Crippen molar-refractivity contribution in [3.63, 3.8) is 0 Å². The summed E-state index contributed by atoms with van der Waals surface area (Å²) in [7, 11) is 0. The molecule has 0 aliphatic carbocycles. The molecule has 0 unspecified atom stereocenters. The molecule has 0 aliphatic heterocycles. The Morgan fingerprint density at radius 3 is 2.79 bits per heavy atom. The number of carbonyl (C=O) groups is 1. The number of aromatic nitrogens is 4. The molecule has 0 saturated heterocycles. The number of rotatable bonds is 6. The summed E-state index contributed by atoms with van der Waals surface area (Å²) in [5, 5.41) is 14.0. The third-order valence-electron chi connectivity index (χ3n) is 3.49. The van der Waals surface area contributed by atoms with Gasteiger partial charge in [-0.2, -0.15) is 0 Å². The number of benzene rings is 1. The number of hydrogen-bond acceptors (Lipinski definition) is 5. The zero-order chi connectivity index (χ0) is 16.8. The molecule has 0 bridgehead atoms. The summed E-state index contributed by atoms with van der Waals surface area (Å²) in [5.41, 5.74) is 3.22. The van der Waals surface area contributed by atoms with Crippen molar-refractivity contribution in [1.29, 1.82) is 0 Å². The fourth-order valence-electron chi connectivity index (χ4n) is 2.21. The van der Waals surface area contributed by atoms with Crippen LogP contribution in [0.15, 0.2) is 55.0 Å². The first-order valence-corrected chi connectivity index (χ1v) is 7.64. The van der Waals surface area contributed by atoms with Gasteiger partial charge < -0.3 is 10.6 Å². The van der Waals surface area contributed by atoms with Gasteiger partial charge in [-0.05, 0) is 30.7 Å². The lowest BCUT2D eigenvalue weighted by Crippen LogP contribution is -2.29. The molecule has 0 spiro atoms. The maximum absolute atomic E-state index is 12.1. The predicted molar refractivity (Wildman–Crippen MR) is 91.2 cm³/mol. The van der Waals surface area contributed by atoms with Gasteiger partial charge in [-0.25, -0.2) is 4.68 Å². The van der Waals surface area contributed by atoms with Gasteiger partial charge in [-0.15, -0.1) is 5.10 Å². The van der Waals surface area contributed by atoms with Gasteiger partial charge in [0.2, 0.25) is 0 Å². The van der Waals surface area contributed by atoms with Crippen LogP contribution in [0.2, 0.25) is 0 Å². The van der Waals surface area contributed by atoms with Crippen LogP contribution in [0.3, 0.4) is 0 Å². The summed E-state index contributed by atoms with van der Waals surface area (Å²) in [6, 6.07) is 11.4. The van der Waals surface area contributed by atoms with E-state index in [0.29, 0.717) is 18.8 Å². The molecule has 0 fully saturated rings. The molecular weight excluding hydrogens is 304 g/mol. The van der Waals surface area contributed by atoms with E-state index < -0.39 is 0 Å². The molecule has 0 saturated carbocycles. The average molecular weight is 322 g/mol. The zero-order valence-corrected chi connectivity index (χ0v) is 13.3. The number of para-hydroxylation sites is 1. The summed E-state index contributed by atoms with van der Waals surface area (Å²) < 4.78 is 1.58. The van der Waals surface area contributed by atoms with Gasteiger partial charge in [0, 0.05) is 31.2 Å². The SMILES string of the molecule is Cc1cnccc1NCCNC(=O)c1cn(-c2ccccc2)nn1. The second kappa shape index (κ2) is 7.36. The maximum Gasteiger partial charge on any atom is 0.273 e. The van der Waals surface area contributed by atoms with E-state index in [4.69, 9.17) is 0 Å². The molecule has 1 amide bonds. The number of hydrogen-bond donors (Lipinski definition) is 2. The van der Waals surface area contributed by atoms with Crippen molar-refractivity contribution in [3.05, 3.63) is 66.2 Å². The smallest absolute Gasteiger partial charge is 0.273 e. The van der Waals surface area contributed by atoms with Crippen LogP contribution in [-0.2, 0) is 0 Å². The minimum atomic E-state index is -0.245. The number of carbonyl (C=O) groups excluding carboxylic acids is 1. The van der Waals surface area contributed by atoms with Crippen LogP contribution in [-0.4, -0.2) is 39.0 Å². The maximum atomic E-state index is 12.1. The van der Waals surface area contributed by atoms with Crippen molar-refractivity contribution in [2.24, 2.45) is 0 Å². The molecule has 122 valence electrons. The highest BCUT2D eigenvalue weighted by Crippen LogP contribution is 2.10. The first-order chi connectivity index (χ1) is 11.7. The lowest BCUT2D eigenvalue weighted by Gasteiger charge is -2.09. The van der Waals surface area contributed by atoms with Gasteiger partial charge in [-0.1, -0.05) is 23.4 Å². The van der Waals surface area contributed by atoms with Crippen LogP contribution in [0, 0.1) is 6.92 Å². The summed E-state index contributed by atoms with van der Waals surface area (Å²) >= 11 is 0. The highest BCUT2D eigenvalue weighted by molar-refractivity contribution is 5.91. The fraction of sp³-hybridized carbons (Fsp3) is 0.176. The van der Waals surface area contributed by atoms with Crippen molar-refractivity contribution in [1.82, 2.24) is 25.3 Å². The largest absolute Gasteiger partial charge is 0.383 e. The Morgan fingerprint density at radius 2 is 2.00 bits per heavy atom. The molecule has 24 heavy (non-hydrogen) atoms. The number of anilines is 1. The minimum absolute atomic E-state index is 0.245. The van der Waals surface area contributed by atoms with Gasteiger partial charge >= 0.3 is 0 Å². The normalized spacial score (nSPS) is 10.4. The van der Waals surface area contributed by atoms with Gasteiger partial charge in [0.15, 0.2) is 5.69 Å². The van der Waals surface area contributed by atoms with Crippen LogP contribution in [0.1, 0.15) is 16.1 Å². The Morgan fingerprint density at radius 1 is 1.17 bits per heavy atom. The van der Waals surface area contributed by atoms with Crippen LogP contribution in [0.25, 0.3) is 5.69 Å². The lowest BCUT2D eigenvalue weighted by molar-refractivity contribution is 0.0950. The summed E-state index contributed by atoms with van der Waals surface area (Å²) in [5.74, 6) is -0.245. The highest BCUT2D eigenvalue weighted by atomic mass is 16.2. The van der Waals surface area contributed by atoms with Crippen molar-refractivity contribution in [3.8, 4) is 5.69 Å². The van der Waals surface area contributed by atoms with Crippen LogP contribution in [0.5, 0.6) is 0 Å². The first kappa shape index (κ1) is 15.7. The molecule has 0 atom stereocenters. The van der Waals surface area contributed by atoms with Crippen molar-refractivity contribution >= 4 is 11.6 Å². The summed E-state index contributed by atoms with van der Waals surface area (Å²) in [6.45, 7) is 3.08. The summed E-state index contributed by atoms with van der Waals surface area (Å²) in [6.07, 6.45) is 5.14. The second-order valence-corrected chi connectivity index (χ2v) is 5.26. The molecule has 7 nitrogen and oxygen atoms in total. The fourth-order valence-corrected chi connectivity index (χ4v) is 2.21. The number of pyridine rings is 1. The number of aryl methyl sites for hydroxylation is 1. The van der Waals surface area contributed by atoms with Gasteiger partial charge in [0.25, 0.3) is 5.91 Å². The Hall–Kier alpha value is -3.22. The Bertz CT molecular complexity index is 815. The molecule has 1 aromatic carbocycles. The van der Waals surface area contributed by atoms with Gasteiger partial charge in [0.1, 0.15) is 0 Å². The van der Waals surface area contributed by atoms with Crippen LogP contribution < -0.4 is 10.6 Å². The quantitative estimate of drug-likeness (QED) is 0.676. The van der Waals surface area contributed by atoms with E-state index in [1.807, 2.05) is 43.3 Å². The van der Waals surface area contributed by atoms with E-state index in [9.17, 15) is 4.79 Å². The molecule has 2 N–H and O–H groups in total. The van der Waals surface area contributed by atoms with E-state index in [1.54, 1.807) is 23.3 Å². The van der Waals surface area contributed by atoms with E-state index in [1.165, 1.54) is 0 Å². The van der Waals surface area contributed by atoms with Crippen molar-refractivity contribution in [2.75, 3.05) is 18.4 Å². The molecule has 7 heteroatoms. The standard InChI is InChI=1S/C17H18N6O/c1-13-11-18-8-7-15(13)19-9-10-20-17(24)16-12-23(22-21-16)14-5-3-2-4-6-14/h2-8,11-12H,9-10H2,1H3,(H,18,19)(H,20,24). The molecule has 2 aromatic heterocycles. The van der Waals surface area contributed by atoms with E-state index in [-0.39, 0.29) is 5.91 Å². The van der Waals surface area contributed by atoms with E-state index >= 15 is 0 Å². The molecule has 2 heterocycles. The first-order valence-electron chi connectivity index (χ1n) is 7.64. The highest BCUT2D eigenvalue weighted by Gasteiger charge is 2.10. The number of amides is 1. The lowest BCUT2D eigenvalue weighted by atomic mass is 10.2. The zero-order valence-electron chi connectivity index (χ0n) is 13.3. The van der Waals surface area contributed by atoms with Crippen molar-refractivity contribution < 1.29 is 4.79 Å². The Balaban J connectivity index is 1.51. The van der Waals surface area contributed by atoms with Gasteiger partial charge in [-0.3, -0.25) is 9.78 Å². The molecular formula is C17H18N6O. The number of nitrogens with zero attached hydrogens (tertiary/aromatic N) is 4. The molecule has 3 rings (SSSR count). The van der Waals surface area contributed by atoms with Crippen LogP contribution in [0.4, 0.5) is 5.69 Å². The summed E-state index contributed by atoms with van der Waals surface area (Å²) in [4.78, 5) is 16.1. The third-order valence-corrected chi connectivity index (χ3v) is 3.49. The molecule has 0 radical (unpaired) electrons. The monoisotopic (exact) mass is 322 g/mol. The van der Waals surface area contributed by atoms with Crippen molar-refractivity contribution in [2.45, 2.75) is 6.92 Å². The minimum Gasteiger partial charge on any atom is -0.383 e. The second-order valence-electron chi connectivity index (χ2n) is 5.26.